The summed E-state index contributed by atoms with van der Waals surface area (Å²) in [7, 11) is 1.65. The number of thiazole rings is 1. The van der Waals surface area contributed by atoms with E-state index in [4.69, 9.17) is 21.3 Å². The molecule has 0 aliphatic rings. The second-order valence-electron chi connectivity index (χ2n) is 7.53. The summed E-state index contributed by atoms with van der Waals surface area (Å²) in [5.41, 5.74) is 3.21. The molecule has 4 heterocycles. The molecule has 0 bridgehead atoms. The van der Waals surface area contributed by atoms with Gasteiger partial charge in [-0.25, -0.2) is 19.6 Å². The number of hydrogen-bond donors (Lipinski definition) is 1. The Kier molecular flexibility index (Phi) is 4.89. The van der Waals surface area contributed by atoms with Crippen molar-refractivity contribution in [1.82, 2.24) is 34.5 Å². The summed E-state index contributed by atoms with van der Waals surface area (Å²) >= 11 is 7.70. The third kappa shape index (κ3) is 3.53. The Balaban J connectivity index is 1.41. The summed E-state index contributed by atoms with van der Waals surface area (Å²) in [4.78, 5) is 13.7. The molecular weight excluding hydrogens is 472 g/mol. The van der Waals surface area contributed by atoms with Gasteiger partial charge in [0.2, 0.25) is 5.13 Å². The molecule has 11 heteroatoms. The number of halogens is 1. The molecule has 9 nitrogen and oxygen atoms in total. The van der Waals surface area contributed by atoms with Gasteiger partial charge in [-0.1, -0.05) is 29.0 Å². The van der Waals surface area contributed by atoms with E-state index in [1.165, 1.54) is 17.7 Å². The van der Waals surface area contributed by atoms with Crippen LogP contribution >= 0.6 is 22.9 Å². The fourth-order valence-corrected chi connectivity index (χ4v) is 4.85. The quantitative estimate of drug-likeness (QED) is 0.350. The van der Waals surface area contributed by atoms with E-state index in [0.717, 1.165) is 43.7 Å². The number of rotatable bonds is 5. The minimum atomic E-state index is 0.613. The Bertz CT molecular complexity index is 1670. The maximum absolute atomic E-state index is 6.17. The standard InChI is InChI=1S/C23H17ClN8OS/c1-13-8-20(32(30-13)23-28-18-7-6-16(33-2)10-19(18)34-23)29-21-17-11-27-31(22(17)26-12-25-21)15-5-3-4-14(24)9-15/h3-12H,1-2H3,(H,25,26,29). The fourth-order valence-electron chi connectivity index (χ4n) is 3.71. The molecule has 0 unspecified atom stereocenters. The van der Waals surface area contributed by atoms with Gasteiger partial charge in [-0.15, -0.1) is 0 Å². The minimum Gasteiger partial charge on any atom is -0.497 e. The molecule has 0 radical (unpaired) electrons. The SMILES string of the molecule is COc1ccc2nc(-n3nc(C)cc3Nc3ncnc4c3cnn4-c3cccc(Cl)c3)sc2c1. The molecule has 0 saturated carbocycles. The molecule has 34 heavy (non-hydrogen) atoms. The highest BCUT2D eigenvalue weighted by atomic mass is 35.5. The van der Waals surface area contributed by atoms with E-state index < -0.39 is 0 Å². The first-order valence-corrected chi connectivity index (χ1v) is 11.5. The third-order valence-electron chi connectivity index (χ3n) is 5.26. The van der Waals surface area contributed by atoms with E-state index in [-0.39, 0.29) is 0 Å². The number of methoxy groups -OCH3 is 1. The lowest BCUT2D eigenvalue weighted by molar-refractivity contribution is 0.415. The van der Waals surface area contributed by atoms with Crippen molar-refractivity contribution in [3.8, 4) is 16.6 Å². The summed E-state index contributed by atoms with van der Waals surface area (Å²) < 4.78 is 9.87. The summed E-state index contributed by atoms with van der Waals surface area (Å²) in [5.74, 6) is 2.14. The zero-order chi connectivity index (χ0) is 23.2. The third-order valence-corrected chi connectivity index (χ3v) is 6.49. The first-order chi connectivity index (χ1) is 16.6. The molecule has 0 amide bonds. The highest BCUT2D eigenvalue weighted by Gasteiger charge is 2.16. The van der Waals surface area contributed by atoms with Crippen LogP contribution in [0.1, 0.15) is 5.69 Å². The predicted molar refractivity (Wildman–Crippen MR) is 133 cm³/mol. The van der Waals surface area contributed by atoms with Crippen LogP contribution in [0.3, 0.4) is 0 Å². The highest BCUT2D eigenvalue weighted by Crippen LogP contribution is 2.31. The Labute approximate surface area is 202 Å². The van der Waals surface area contributed by atoms with Gasteiger partial charge in [0.25, 0.3) is 0 Å². The number of hydrogen-bond acceptors (Lipinski definition) is 8. The maximum Gasteiger partial charge on any atom is 0.213 e. The Morgan fingerprint density at radius 2 is 1.97 bits per heavy atom. The molecule has 4 aromatic heterocycles. The van der Waals surface area contributed by atoms with Crippen molar-refractivity contribution in [1.29, 1.82) is 0 Å². The van der Waals surface area contributed by atoms with Crippen molar-refractivity contribution in [2.45, 2.75) is 6.92 Å². The van der Waals surface area contributed by atoms with Gasteiger partial charge in [-0.3, -0.25) is 0 Å². The number of benzene rings is 2. The molecule has 0 aliphatic heterocycles. The van der Waals surface area contributed by atoms with Gasteiger partial charge in [0.15, 0.2) is 5.65 Å². The van der Waals surface area contributed by atoms with E-state index in [1.807, 2.05) is 55.5 Å². The monoisotopic (exact) mass is 488 g/mol. The molecule has 6 rings (SSSR count). The van der Waals surface area contributed by atoms with Crippen LogP contribution in [0.15, 0.2) is 61.1 Å². The van der Waals surface area contributed by atoms with Crippen LogP contribution in [0.2, 0.25) is 5.02 Å². The Hall–Kier alpha value is -4.02. The first kappa shape index (κ1) is 20.6. The van der Waals surface area contributed by atoms with Gasteiger partial charge >= 0.3 is 0 Å². The number of nitrogens with one attached hydrogen (secondary N) is 1. The van der Waals surface area contributed by atoms with Crippen LogP contribution in [0.4, 0.5) is 11.6 Å². The van der Waals surface area contributed by atoms with Gasteiger partial charge in [-0.2, -0.15) is 14.9 Å². The van der Waals surface area contributed by atoms with E-state index >= 15 is 0 Å². The van der Waals surface area contributed by atoms with Crippen molar-refractivity contribution in [2.75, 3.05) is 12.4 Å². The molecule has 0 aliphatic carbocycles. The summed E-state index contributed by atoms with van der Waals surface area (Å²) in [5, 5.41) is 14.7. The molecule has 0 fully saturated rings. The number of aryl methyl sites for hydroxylation is 1. The Morgan fingerprint density at radius 1 is 1.06 bits per heavy atom. The number of fused-ring (bicyclic) bond motifs is 2. The van der Waals surface area contributed by atoms with Crippen LogP contribution in [0, 0.1) is 6.92 Å². The number of ether oxygens (including phenoxy) is 1. The van der Waals surface area contributed by atoms with Gasteiger partial charge in [-0.05, 0) is 43.3 Å². The van der Waals surface area contributed by atoms with E-state index in [2.05, 4.69) is 25.5 Å². The fraction of sp³-hybridized carbons (Fsp3) is 0.0870. The van der Waals surface area contributed by atoms with Crippen molar-refractivity contribution >= 4 is 55.8 Å². The van der Waals surface area contributed by atoms with Gasteiger partial charge < -0.3 is 10.1 Å². The van der Waals surface area contributed by atoms with E-state index in [0.29, 0.717) is 16.5 Å². The lowest BCUT2D eigenvalue weighted by Crippen LogP contribution is -2.04. The van der Waals surface area contributed by atoms with Crippen molar-refractivity contribution < 1.29 is 4.74 Å². The number of nitrogens with zero attached hydrogens (tertiary/aromatic N) is 7. The lowest BCUT2D eigenvalue weighted by atomic mass is 10.3. The van der Waals surface area contributed by atoms with Crippen LogP contribution in [0.25, 0.3) is 32.1 Å². The second-order valence-corrected chi connectivity index (χ2v) is 8.98. The van der Waals surface area contributed by atoms with Crippen molar-refractivity contribution in [3.05, 3.63) is 71.8 Å². The smallest absolute Gasteiger partial charge is 0.213 e. The van der Waals surface area contributed by atoms with E-state index in [9.17, 15) is 0 Å². The van der Waals surface area contributed by atoms with Gasteiger partial charge in [0.1, 0.15) is 23.7 Å². The molecule has 1 N–H and O–H groups in total. The highest BCUT2D eigenvalue weighted by molar-refractivity contribution is 7.20. The van der Waals surface area contributed by atoms with Crippen LogP contribution in [-0.2, 0) is 0 Å². The largest absolute Gasteiger partial charge is 0.497 e. The number of anilines is 2. The zero-order valence-electron chi connectivity index (χ0n) is 18.1. The molecule has 0 saturated heterocycles. The summed E-state index contributed by atoms with van der Waals surface area (Å²) in [6.45, 7) is 1.94. The van der Waals surface area contributed by atoms with Crippen LogP contribution < -0.4 is 10.1 Å². The van der Waals surface area contributed by atoms with Crippen LogP contribution in [0.5, 0.6) is 5.75 Å². The normalized spacial score (nSPS) is 11.4. The number of aromatic nitrogens is 7. The average molecular weight is 489 g/mol. The lowest BCUT2D eigenvalue weighted by Gasteiger charge is -2.08. The van der Waals surface area contributed by atoms with Crippen molar-refractivity contribution in [3.63, 3.8) is 0 Å². The molecule has 6 aromatic rings. The molecule has 2 aromatic carbocycles. The molecule has 168 valence electrons. The molecule has 0 atom stereocenters. The van der Waals surface area contributed by atoms with Crippen molar-refractivity contribution in [2.24, 2.45) is 0 Å². The van der Waals surface area contributed by atoms with Gasteiger partial charge in [0.05, 0.1) is 40.3 Å². The topological polar surface area (TPSA) is 95.6 Å². The van der Waals surface area contributed by atoms with Crippen LogP contribution in [-0.4, -0.2) is 41.6 Å². The van der Waals surface area contributed by atoms with Gasteiger partial charge in [0, 0.05) is 11.1 Å². The maximum atomic E-state index is 6.17. The first-order valence-electron chi connectivity index (χ1n) is 10.3. The van der Waals surface area contributed by atoms with E-state index in [1.54, 1.807) is 22.7 Å². The molecule has 0 spiro atoms. The molecular formula is C23H17ClN8OS. The Morgan fingerprint density at radius 3 is 2.82 bits per heavy atom. The minimum absolute atomic E-state index is 0.613. The summed E-state index contributed by atoms with van der Waals surface area (Å²) in [6, 6.07) is 15.2. The average Bonchev–Trinajstić information content (AvgIpc) is 3.55. The second kappa shape index (κ2) is 8.08. The zero-order valence-corrected chi connectivity index (χ0v) is 19.7. The summed E-state index contributed by atoms with van der Waals surface area (Å²) in [6.07, 6.45) is 3.24. The predicted octanol–water partition coefficient (Wildman–Crippen LogP) is 5.32.